The van der Waals surface area contributed by atoms with Gasteiger partial charge in [0.05, 0.1) is 0 Å². The first-order valence-corrected chi connectivity index (χ1v) is 17.3. The molecular formula is C36H70O. The van der Waals surface area contributed by atoms with Gasteiger partial charge in [0.2, 0.25) is 0 Å². The molecule has 0 aromatic carbocycles. The van der Waals surface area contributed by atoms with Gasteiger partial charge in [-0.2, -0.15) is 0 Å². The van der Waals surface area contributed by atoms with Crippen LogP contribution in [0, 0.1) is 0 Å². The Balaban J connectivity index is 3.12. The fraction of sp³-hybridized carbons (Fsp3) is 0.889. The highest BCUT2D eigenvalue weighted by molar-refractivity contribution is 4.82. The molecule has 0 radical (unpaired) electrons. The summed E-state index contributed by atoms with van der Waals surface area (Å²) in [5.74, 6) is 0. The minimum absolute atomic E-state index is 0.959. The molecule has 0 unspecified atom stereocenters. The second-order valence-electron chi connectivity index (χ2n) is 11.5. The molecule has 0 atom stereocenters. The maximum absolute atomic E-state index is 5.84. The summed E-state index contributed by atoms with van der Waals surface area (Å²) < 4.78 is 5.84. The summed E-state index contributed by atoms with van der Waals surface area (Å²) >= 11 is 0. The van der Waals surface area contributed by atoms with Crippen LogP contribution in [0.25, 0.3) is 0 Å². The van der Waals surface area contributed by atoms with Gasteiger partial charge in [0.1, 0.15) is 0 Å². The molecule has 0 saturated carbocycles. The number of hydrogen-bond donors (Lipinski definition) is 0. The van der Waals surface area contributed by atoms with E-state index in [1.165, 1.54) is 180 Å². The van der Waals surface area contributed by atoms with E-state index in [-0.39, 0.29) is 0 Å². The van der Waals surface area contributed by atoms with Crippen LogP contribution in [-0.2, 0) is 4.74 Å². The van der Waals surface area contributed by atoms with Crippen LogP contribution in [0.5, 0.6) is 0 Å². The van der Waals surface area contributed by atoms with Crippen LogP contribution in [0.3, 0.4) is 0 Å². The molecule has 1 nitrogen and oxygen atoms in total. The molecule has 0 amide bonds. The average Bonchev–Trinajstić information content (AvgIpc) is 2.91. The van der Waals surface area contributed by atoms with E-state index < -0.39 is 0 Å². The lowest BCUT2D eigenvalue weighted by Crippen LogP contribution is -1.97. The lowest BCUT2D eigenvalue weighted by Gasteiger charge is -2.03. The third-order valence-corrected chi connectivity index (χ3v) is 7.60. The van der Waals surface area contributed by atoms with Crippen molar-refractivity contribution in [2.45, 2.75) is 194 Å². The van der Waals surface area contributed by atoms with Crippen molar-refractivity contribution in [1.29, 1.82) is 0 Å². The second-order valence-corrected chi connectivity index (χ2v) is 11.5. The smallest absolute Gasteiger partial charge is 0.0466 e. The first-order chi connectivity index (χ1) is 18.4. The molecule has 0 fully saturated rings. The molecule has 0 aromatic heterocycles. The number of unbranched alkanes of at least 4 members (excludes halogenated alkanes) is 24. The van der Waals surface area contributed by atoms with E-state index in [0.717, 1.165) is 13.2 Å². The molecule has 0 bridgehead atoms. The van der Waals surface area contributed by atoms with Gasteiger partial charge in [-0.1, -0.05) is 154 Å². The quantitative estimate of drug-likeness (QED) is 0.0635. The Morgan fingerprint density at radius 1 is 0.297 bits per heavy atom. The number of allylic oxidation sites excluding steroid dienone is 4. The van der Waals surface area contributed by atoms with E-state index in [1.54, 1.807) is 0 Å². The minimum atomic E-state index is 0.959. The summed E-state index contributed by atoms with van der Waals surface area (Å²) in [6.45, 7) is 6.51. The Kier molecular flexibility index (Phi) is 34.9. The van der Waals surface area contributed by atoms with Crippen LogP contribution < -0.4 is 0 Å². The van der Waals surface area contributed by atoms with Gasteiger partial charge in [0.25, 0.3) is 0 Å². The number of rotatable bonds is 32. The molecule has 0 aliphatic rings. The number of hydrogen-bond acceptors (Lipinski definition) is 1. The van der Waals surface area contributed by atoms with E-state index in [2.05, 4.69) is 38.2 Å². The van der Waals surface area contributed by atoms with Crippen molar-refractivity contribution >= 4 is 0 Å². The van der Waals surface area contributed by atoms with E-state index in [9.17, 15) is 0 Å². The molecule has 220 valence electrons. The standard InChI is InChI=1S/C36H70O/c1-3-5-7-9-11-13-15-17-19-21-23-25-27-29-31-33-35-37-36-34-32-30-28-26-24-22-20-18-16-14-12-10-8-6-4-2/h23-26H,3-22,27-36H2,1-2H3/b25-23-,26-24-. The number of ether oxygens (including phenoxy) is 1. The molecular weight excluding hydrogens is 448 g/mol. The Labute approximate surface area is 235 Å². The highest BCUT2D eigenvalue weighted by Gasteiger charge is 1.94. The Morgan fingerprint density at radius 3 is 0.838 bits per heavy atom. The maximum atomic E-state index is 5.84. The normalized spacial score (nSPS) is 11.9. The van der Waals surface area contributed by atoms with E-state index in [1.807, 2.05) is 0 Å². The van der Waals surface area contributed by atoms with Crippen LogP contribution in [-0.4, -0.2) is 13.2 Å². The zero-order valence-electron chi connectivity index (χ0n) is 25.9. The molecule has 0 saturated heterocycles. The molecule has 0 N–H and O–H groups in total. The molecule has 1 heteroatoms. The van der Waals surface area contributed by atoms with Gasteiger partial charge in [0, 0.05) is 13.2 Å². The minimum Gasteiger partial charge on any atom is -0.381 e. The lowest BCUT2D eigenvalue weighted by atomic mass is 10.1. The van der Waals surface area contributed by atoms with Gasteiger partial charge in [-0.25, -0.2) is 0 Å². The van der Waals surface area contributed by atoms with Gasteiger partial charge in [-0.15, -0.1) is 0 Å². The molecule has 0 aromatic rings. The Hall–Kier alpha value is -0.560. The van der Waals surface area contributed by atoms with Crippen molar-refractivity contribution in [3.05, 3.63) is 24.3 Å². The third-order valence-electron chi connectivity index (χ3n) is 7.60. The molecule has 0 rings (SSSR count). The van der Waals surface area contributed by atoms with Gasteiger partial charge in [0.15, 0.2) is 0 Å². The topological polar surface area (TPSA) is 9.23 Å². The molecule has 0 spiro atoms. The third kappa shape index (κ3) is 35.4. The summed E-state index contributed by atoms with van der Waals surface area (Å²) in [6.07, 6.45) is 48.2. The molecule has 37 heavy (non-hydrogen) atoms. The SMILES string of the molecule is CCCCCCCCCCC/C=C\CCCCCOCCCCC/C=C\CCCCCCCCCCC. The first kappa shape index (κ1) is 36.4. The average molecular weight is 519 g/mol. The predicted molar refractivity (Wildman–Crippen MR) is 170 cm³/mol. The predicted octanol–water partition coefficient (Wildman–Crippen LogP) is 13.1. The lowest BCUT2D eigenvalue weighted by molar-refractivity contribution is 0.126. The van der Waals surface area contributed by atoms with Gasteiger partial charge >= 0.3 is 0 Å². The monoisotopic (exact) mass is 519 g/mol. The second kappa shape index (κ2) is 35.4. The van der Waals surface area contributed by atoms with Crippen LogP contribution in [0.2, 0.25) is 0 Å². The van der Waals surface area contributed by atoms with E-state index in [0.29, 0.717) is 0 Å². The van der Waals surface area contributed by atoms with Crippen molar-refractivity contribution in [1.82, 2.24) is 0 Å². The van der Waals surface area contributed by atoms with Crippen LogP contribution in [0.1, 0.15) is 194 Å². The fourth-order valence-electron chi connectivity index (χ4n) is 5.01. The molecule has 0 aliphatic heterocycles. The van der Waals surface area contributed by atoms with Gasteiger partial charge < -0.3 is 4.74 Å². The summed E-state index contributed by atoms with van der Waals surface area (Å²) in [6, 6.07) is 0. The summed E-state index contributed by atoms with van der Waals surface area (Å²) in [4.78, 5) is 0. The van der Waals surface area contributed by atoms with Crippen molar-refractivity contribution < 1.29 is 4.74 Å². The zero-order chi connectivity index (χ0) is 26.7. The molecule has 0 heterocycles. The highest BCUT2D eigenvalue weighted by Crippen LogP contribution is 2.12. The van der Waals surface area contributed by atoms with Crippen LogP contribution in [0.15, 0.2) is 24.3 Å². The fourth-order valence-corrected chi connectivity index (χ4v) is 5.01. The van der Waals surface area contributed by atoms with Crippen molar-refractivity contribution in [2.24, 2.45) is 0 Å². The zero-order valence-corrected chi connectivity index (χ0v) is 25.9. The van der Waals surface area contributed by atoms with Gasteiger partial charge in [-0.3, -0.25) is 0 Å². The Morgan fingerprint density at radius 2 is 0.541 bits per heavy atom. The maximum Gasteiger partial charge on any atom is 0.0466 e. The van der Waals surface area contributed by atoms with Gasteiger partial charge in [-0.05, 0) is 64.2 Å². The van der Waals surface area contributed by atoms with Crippen LogP contribution >= 0.6 is 0 Å². The first-order valence-electron chi connectivity index (χ1n) is 17.3. The summed E-state index contributed by atoms with van der Waals surface area (Å²) in [7, 11) is 0. The largest absolute Gasteiger partial charge is 0.381 e. The van der Waals surface area contributed by atoms with E-state index in [4.69, 9.17) is 4.74 Å². The molecule has 0 aliphatic carbocycles. The van der Waals surface area contributed by atoms with Crippen LogP contribution in [0.4, 0.5) is 0 Å². The van der Waals surface area contributed by atoms with Crippen molar-refractivity contribution in [2.75, 3.05) is 13.2 Å². The van der Waals surface area contributed by atoms with Crippen molar-refractivity contribution in [3.63, 3.8) is 0 Å². The van der Waals surface area contributed by atoms with Crippen molar-refractivity contribution in [3.8, 4) is 0 Å². The summed E-state index contributed by atoms with van der Waals surface area (Å²) in [5, 5.41) is 0. The highest BCUT2D eigenvalue weighted by atomic mass is 16.5. The Bertz CT molecular complexity index is 398. The summed E-state index contributed by atoms with van der Waals surface area (Å²) in [5.41, 5.74) is 0. The van der Waals surface area contributed by atoms with E-state index >= 15 is 0 Å².